The summed E-state index contributed by atoms with van der Waals surface area (Å²) >= 11 is 0. The zero-order valence-electron chi connectivity index (χ0n) is 21.8. The molecule has 38 heavy (non-hydrogen) atoms. The third-order valence-corrected chi connectivity index (χ3v) is 7.41. The first-order valence-electron chi connectivity index (χ1n) is 13.1. The van der Waals surface area contributed by atoms with Gasteiger partial charge in [-0.05, 0) is 40.5 Å². The fourth-order valence-corrected chi connectivity index (χ4v) is 5.59. The predicted octanol–water partition coefficient (Wildman–Crippen LogP) is 2.81. The van der Waals surface area contributed by atoms with Crippen molar-refractivity contribution in [3.05, 3.63) is 77.9 Å². The van der Waals surface area contributed by atoms with Gasteiger partial charge < -0.3 is 20.9 Å². The molecule has 2 heterocycles. The number of hydrazine groups is 1. The zero-order chi connectivity index (χ0) is 26.8. The first kappa shape index (κ1) is 25.5. The Kier molecular flexibility index (Phi) is 7.20. The monoisotopic (exact) mass is 514 g/mol. The minimum Gasteiger partial charge on any atom is -0.399 e. The number of carbonyl (C=O) groups is 3. The van der Waals surface area contributed by atoms with E-state index in [-0.39, 0.29) is 24.4 Å². The molecule has 4 amide bonds. The summed E-state index contributed by atoms with van der Waals surface area (Å²) in [5.41, 5.74) is 8.49. The highest BCUT2D eigenvalue weighted by molar-refractivity contribution is 5.92. The number of fused-ring (bicyclic) bond motifs is 2. The molecule has 2 aliphatic rings. The first-order valence-corrected chi connectivity index (χ1v) is 13.1. The normalized spacial score (nSPS) is 19.6. The molecule has 3 N–H and O–H groups in total. The lowest BCUT2D eigenvalue weighted by Crippen LogP contribution is -2.66. The van der Waals surface area contributed by atoms with Crippen LogP contribution in [0.1, 0.15) is 24.5 Å². The van der Waals surface area contributed by atoms with Crippen LogP contribution < -0.4 is 11.1 Å². The van der Waals surface area contributed by atoms with Gasteiger partial charge in [0.2, 0.25) is 11.8 Å². The highest BCUT2D eigenvalue weighted by Crippen LogP contribution is 2.31. The van der Waals surface area contributed by atoms with Gasteiger partial charge in [0.1, 0.15) is 12.2 Å². The minimum atomic E-state index is -0.682. The second-order valence-corrected chi connectivity index (χ2v) is 9.88. The number of piperazine rings is 1. The molecule has 2 atom stereocenters. The molecule has 2 fully saturated rings. The Balaban J connectivity index is 1.52. The van der Waals surface area contributed by atoms with Gasteiger partial charge in [0.25, 0.3) is 0 Å². The maximum Gasteiger partial charge on any atom is 0.331 e. The molecule has 2 saturated heterocycles. The molecule has 198 valence electrons. The van der Waals surface area contributed by atoms with Crippen LogP contribution in [0.5, 0.6) is 0 Å². The Bertz CT molecular complexity index is 1340. The summed E-state index contributed by atoms with van der Waals surface area (Å²) in [6.45, 7) is 3.23. The van der Waals surface area contributed by atoms with Crippen molar-refractivity contribution >= 4 is 34.3 Å². The Morgan fingerprint density at radius 2 is 1.79 bits per heavy atom. The van der Waals surface area contributed by atoms with Crippen molar-refractivity contribution in [1.82, 2.24) is 25.1 Å². The lowest BCUT2D eigenvalue weighted by atomic mass is 9.99. The van der Waals surface area contributed by atoms with Gasteiger partial charge in [0.15, 0.2) is 0 Å². The standard InChI is InChI=1S/C29H34N6O3/c1-3-15-33(29(38)31-2)34-19-27(36)35-25(16-20-11-13-23(30)14-12-20)28(37)32(18-26(34)35)17-22-9-6-8-21-7-4-5-10-24(21)22/h4-14,25-26H,3,15-19,30H2,1-2H3,(H,31,38)/t25-,26+/m0/s1. The third kappa shape index (κ3) is 4.77. The molecular formula is C29H34N6O3. The largest absolute Gasteiger partial charge is 0.399 e. The SMILES string of the molecule is CCCN(C(=O)NC)N1CC(=O)N2[C@@H](Cc3ccc(N)cc3)C(=O)N(Cc3cccc4ccccc34)C[C@@H]21. The average molecular weight is 515 g/mol. The lowest BCUT2D eigenvalue weighted by molar-refractivity contribution is -0.157. The van der Waals surface area contributed by atoms with Gasteiger partial charge in [-0.25, -0.2) is 4.79 Å². The van der Waals surface area contributed by atoms with Gasteiger partial charge in [-0.3, -0.25) is 14.6 Å². The number of nitrogens with zero attached hydrogens (tertiary/aromatic N) is 4. The van der Waals surface area contributed by atoms with Crippen LogP contribution in [0, 0.1) is 0 Å². The topological polar surface area (TPSA) is 102 Å². The fourth-order valence-electron chi connectivity index (χ4n) is 5.59. The van der Waals surface area contributed by atoms with E-state index in [1.165, 1.54) is 0 Å². The van der Waals surface area contributed by atoms with Crippen molar-refractivity contribution in [2.24, 2.45) is 0 Å². The molecule has 9 heteroatoms. The van der Waals surface area contributed by atoms with Crippen LogP contribution in [0.3, 0.4) is 0 Å². The summed E-state index contributed by atoms with van der Waals surface area (Å²) in [7, 11) is 1.59. The Morgan fingerprint density at radius 1 is 1.05 bits per heavy atom. The molecule has 0 radical (unpaired) electrons. The Morgan fingerprint density at radius 3 is 2.53 bits per heavy atom. The van der Waals surface area contributed by atoms with Gasteiger partial charge in [0, 0.05) is 32.2 Å². The van der Waals surface area contributed by atoms with Gasteiger partial charge in [0.05, 0.1) is 13.1 Å². The van der Waals surface area contributed by atoms with Gasteiger partial charge in [-0.15, -0.1) is 0 Å². The molecule has 9 nitrogen and oxygen atoms in total. The molecule has 2 aliphatic heterocycles. The summed E-state index contributed by atoms with van der Waals surface area (Å²) in [5.74, 6) is -0.248. The van der Waals surface area contributed by atoms with E-state index in [2.05, 4.69) is 23.5 Å². The van der Waals surface area contributed by atoms with E-state index in [0.717, 1.165) is 28.3 Å². The quantitative estimate of drug-likeness (QED) is 0.472. The summed E-state index contributed by atoms with van der Waals surface area (Å²) in [5, 5.41) is 8.33. The van der Waals surface area contributed by atoms with Crippen LogP contribution in [0.15, 0.2) is 66.7 Å². The molecule has 0 saturated carbocycles. The lowest BCUT2D eigenvalue weighted by Gasteiger charge is -2.46. The summed E-state index contributed by atoms with van der Waals surface area (Å²) in [6, 6.07) is 20.7. The number of nitrogen functional groups attached to an aromatic ring is 1. The van der Waals surface area contributed by atoms with E-state index >= 15 is 0 Å². The highest BCUT2D eigenvalue weighted by atomic mass is 16.2. The Labute approximate surface area is 222 Å². The molecule has 0 unspecified atom stereocenters. The Hall–Kier alpha value is -4.11. The molecule has 0 bridgehead atoms. The third-order valence-electron chi connectivity index (χ3n) is 7.41. The smallest absolute Gasteiger partial charge is 0.331 e. The number of rotatable bonds is 7. The average Bonchev–Trinajstić information content (AvgIpc) is 3.25. The van der Waals surface area contributed by atoms with Crippen molar-refractivity contribution in [3.8, 4) is 0 Å². The van der Waals surface area contributed by atoms with Crippen LogP contribution in [0.4, 0.5) is 10.5 Å². The number of anilines is 1. The summed E-state index contributed by atoms with van der Waals surface area (Å²) in [4.78, 5) is 43.8. The predicted molar refractivity (Wildman–Crippen MR) is 147 cm³/mol. The van der Waals surface area contributed by atoms with Gasteiger partial charge >= 0.3 is 6.03 Å². The summed E-state index contributed by atoms with van der Waals surface area (Å²) in [6.07, 6.45) is 0.658. The van der Waals surface area contributed by atoms with Crippen molar-refractivity contribution in [2.75, 3.05) is 32.4 Å². The number of amides is 4. The molecule has 0 aromatic heterocycles. The maximum absolute atomic E-state index is 14.0. The van der Waals surface area contributed by atoms with E-state index in [4.69, 9.17) is 5.73 Å². The molecular weight excluding hydrogens is 480 g/mol. The number of nitrogens with one attached hydrogen (secondary N) is 1. The first-order chi connectivity index (χ1) is 18.4. The molecule has 3 aromatic carbocycles. The van der Waals surface area contributed by atoms with Crippen LogP contribution in [0.25, 0.3) is 10.8 Å². The van der Waals surface area contributed by atoms with Crippen molar-refractivity contribution in [3.63, 3.8) is 0 Å². The second-order valence-electron chi connectivity index (χ2n) is 9.88. The summed E-state index contributed by atoms with van der Waals surface area (Å²) < 4.78 is 0. The van der Waals surface area contributed by atoms with Crippen molar-refractivity contribution in [2.45, 2.75) is 38.5 Å². The van der Waals surface area contributed by atoms with E-state index in [1.54, 1.807) is 29.1 Å². The molecule has 0 aliphatic carbocycles. The van der Waals surface area contributed by atoms with E-state index in [9.17, 15) is 14.4 Å². The van der Waals surface area contributed by atoms with Crippen LogP contribution in [-0.4, -0.2) is 76.6 Å². The zero-order valence-corrected chi connectivity index (χ0v) is 21.8. The number of hydrogen-bond donors (Lipinski definition) is 2. The van der Waals surface area contributed by atoms with Crippen LogP contribution in [-0.2, 0) is 22.6 Å². The minimum absolute atomic E-state index is 0.0473. The number of benzene rings is 3. The maximum atomic E-state index is 14.0. The molecule has 5 rings (SSSR count). The second kappa shape index (κ2) is 10.7. The molecule has 3 aromatic rings. The molecule has 0 spiro atoms. The fraction of sp³-hybridized carbons (Fsp3) is 0.345. The van der Waals surface area contributed by atoms with E-state index in [0.29, 0.717) is 31.7 Å². The van der Waals surface area contributed by atoms with Gasteiger partial charge in [-0.2, -0.15) is 5.01 Å². The van der Waals surface area contributed by atoms with Crippen molar-refractivity contribution < 1.29 is 14.4 Å². The van der Waals surface area contributed by atoms with E-state index in [1.807, 2.05) is 53.2 Å². The van der Waals surface area contributed by atoms with Crippen LogP contribution >= 0.6 is 0 Å². The highest BCUT2D eigenvalue weighted by Gasteiger charge is 2.52. The number of urea groups is 1. The van der Waals surface area contributed by atoms with E-state index < -0.39 is 12.2 Å². The number of nitrogens with two attached hydrogens (primary N) is 1. The van der Waals surface area contributed by atoms with Gasteiger partial charge in [-0.1, -0.05) is 61.5 Å². The van der Waals surface area contributed by atoms with Crippen molar-refractivity contribution in [1.29, 1.82) is 0 Å². The number of hydrogen-bond acceptors (Lipinski definition) is 5. The number of carbonyl (C=O) groups excluding carboxylic acids is 3. The van der Waals surface area contributed by atoms with Crippen LogP contribution in [0.2, 0.25) is 0 Å².